The van der Waals surface area contributed by atoms with Gasteiger partial charge in [-0.1, -0.05) is 29.8 Å². The molecule has 1 aromatic carbocycles. The van der Waals surface area contributed by atoms with Crippen LogP contribution in [0.5, 0.6) is 0 Å². The number of aryl methyl sites for hydroxylation is 1. The topological polar surface area (TPSA) is 41.9 Å². The molecule has 2 aromatic heterocycles. The third-order valence-electron chi connectivity index (χ3n) is 5.02. The van der Waals surface area contributed by atoms with Crippen molar-refractivity contribution in [1.29, 1.82) is 0 Å². The summed E-state index contributed by atoms with van der Waals surface area (Å²) in [6.45, 7) is 5.15. The van der Waals surface area contributed by atoms with E-state index in [0.717, 1.165) is 48.7 Å². The van der Waals surface area contributed by atoms with E-state index in [4.69, 9.17) is 4.98 Å². The van der Waals surface area contributed by atoms with E-state index in [1.54, 1.807) is 6.20 Å². The first-order valence-corrected chi connectivity index (χ1v) is 9.30. The van der Waals surface area contributed by atoms with Gasteiger partial charge in [0.1, 0.15) is 0 Å². The highest BCUT2D eigenvalue weighted by molar-refractivity contribution is 5.63. The zero-order valence-corrected chi connectivity index (χ0v) is 15.2. The molecule has 3 aromatic rings. The Morgan fingerprint density at radius 3 is 2.77 bits per heavy atom. The van der Waals surface area contributed by atoms with Crippen LogP contribution in [0.2, 0.25) is 0 Å². The fourth-order valence-electron chi connectivity index (χ4n) is 3.81. The molecule has 1 fully saturated rings. The van der Waals surface area contributed by atoms with Crippen LogP contribution in [0.1, 0.15) is 35.7 Å². The van der Waals surface area contributed by atoms with Crippen LogP contribution in [0.4, 0.5) is 0 Å². The molecule has 0 radical (unpaired) electrons. The van der Waals surface area contributed by atoms with Gasteiger partial charge in [0.15, 0.2) is 0 Å². The average molecular weight is 344 g/mol. The second-order valence-corrected chi connectivity index (χ2v) is 7.06. The molecular formula is C22H24N4. The lowest BCUT2D eigenvalue weighted by Crippen LogP contribution is -2.34. The highest BCUT2D eigenvalue weighted by Crippen LogP contribution is 2.32. The molecule has 4 nitrogen and oxygen atoms in total. The zero-order chi connectivity index (χ0) is 17.8. The summed E-state index contributed by atoms with van der Waals surface area (Å²) in [6, 6.07) is 14.7. The van der Waals surface area contributed by atoms with Gasteiger partial charge in [-0.3, -0.25) is 19.9 Å². The van der Waals surface area contributed by atoms with Gasteiger partial charge in [0.05, 0.1) is 17.1 Å². The molecule has 0 spiro atoms. The van der Waals surface area contributed by atoms with Crippen molar-refractivity contribution >= 4 is 0 Å². The third kappa shape index (κ3) is 3.81. The van der Waals surface area contributed by atoms with Gasteiger partial charge in [-0.25, -0.2) is 0 Å². The van der Waals surface area contributed by atoms with Gasteiger partial charge in [-0.05, 0) is 44.5 Å². The van der Waals surface area contributed by atoms with E-state index in [1.807, 2.05) is 18.5 Å². The van der Waals surface area contributed by atoms with Crippen molar-refractivity contribution in [2.75, 3.05) is 13.1 Å². The predicted octanol–water partition coefficient (Wildman–Crippen LogP) is 4.23. The Hall–Kier alpha value is -2.59. The van der Waals surface area contributed by atoms with Gasteiger partial charge < -0.3 is 0 Å². The van der Waals surface area contributed by atoms with Gasteiger partial charge >= 0.3 is 0 Å². The number of pyridine rings is 1. The molecule has 0 amide bonds. The quantitative estimate of drug-likeness (QED) is 0.710. The van der Waals surface area contributed by atoms with Crippen molar-refractivity contribution in [2.45, 2.75) is 32.2 Å². The van der Waals surface area contributed by atoms with Crippen molar-refractivity contribution in [3.8, 4) is 11.3 Å². The fourth-order valence-corrected chi connectivity index (χ4v) is 3.81. The normalized spacial score (nSPS) is 18.0. The van der Waals surface area contributed by atoms with Gasteiger partial charge in [0.25, 0.3) is 0 Å². The molecule has 4 heteroatoms. The summed E-state index contributed by atoms with van der Waals surface area (Å²) in [6.07, 6.45) is 7.84. The predicted molar refractivity (Wildman–Crippen MR) is 104 cm³/mol. The number of hydrogen-bond acceptors (Lipinski definition) is 4. The van der Waals surface area contributed by atoms with Gasteiger partial charge in [-0.15, -0.1) is 0 Å². The summed E-state index contributed by atoms with van der Waals surface area (Å²) in [4.78, 5) is 16.4. The smallest absolute Gasteiger partial charge is 0.0920 e. The van der Waals surface area contributed by atoms with Crippen LogP contribution < -0.4 is 0 Å². The maximum Gasteiger partial charge on any atom is 0.0920 e. The Morgan fingerprint density at radius 2 is 1.92 bits per heavy atom. The van der Waals surface area contributed by atoms with Gasteiger partial charge in [-0.2, -0.15) is 0 Å². The van der Waals surface area contributed by atoms with Crippen molar-refractivity contribution in [3.05, 3.63) is 78.0 Å². The number of hydrogen-bond donors (Lipinski definition) is 0. The van der Waals surface area contributed by atoms with E-state index < -0.39 is 0 Å². The second kappa shape index (κ2) is 7.75. The summed E-state index contributed by atoms with van der Waals surface area (Å²) >= 11 is 0. The summed E-state index contributed by atoms with van der Waals surface area (Å²) in [5.41, 5.74) is 5.70. The molecule has 132 valence electrons. The minimum absolute atomic E-state index is 0.414. The monoisotopic (exact) mass is 344 g/mol. The lowest BCUT2D eigenvalue weighted by molar-refractivity contribution is 0.196. The number of benzene rings is 1. The molecule has 0 bridgehead atoms. The molecule has 0 saturated carbocycles. The van der Waals surface area contributed by atoms with Crippen LogP contribution in [0.15, 0.2) is 61.1 Å². The molecule has 1 atom stereocenters. The molecule has 3 heterocycles. The average Bonchev–Trinajstić information content (AvgIpc) is 2.69. The van der Waals surface area contributed by atoms with Crippen LogP contribution in [-0.2, 0) is 6.54 Å². The minimum atomic E-state index is 0.414. The third-order valence-corrected chi connectivity index (χ3v) is 5.02. The molecule has 26 heavy (non-hydrogen) atoms. The molecule has 0 aliphatic carbocycles. The SMILES string of the molecule is Cc1cccc(-c2nccnc2[C@@H]2CCCN(Cc3ccccn3)C2)c1. The van der Waals surface area contributed by atoms with Crippen LogP contribution in [-0.4, -0.2) is 32.9 Å². The molecule has 0 N–H and O–H groups in total. The molecule has 0 unspecified atom stereocenters. The van der Waals surface area contributed by atoms with E-state index in [9.17, 15) is 0 Å². The Labute approximate surface area is 155 Å². The van der Waals surface area contributed by atoms with Crippen molar-refractivity contribution in [2.24, 2.45) is 0 Å². The van der Waals surface area contributed by atoms with Crippen LogP contribution in [0.3, 0.4) is 0 Å². The first-order chi connectivity index (χ1) is 12.8. The Morgan fingerprint density at radius 1 is 1.00 bits per heavy atom. The van der Waals surface area contributed by atoms with E-state index >= 15 is 0 Å². The summed E-state index contributed by atoms with van der Waals surface area (Å²) < 4.78 is 0. The molecule has 1 aliphatic rings. The highest BCUT2D eigenvalue weighted by atomic mass is 15.1. The van der Waals surface area contributed by atoms with Crippen molar-refractivity contribution < 1.29 is 0 Å². The van der Waals surface area contributed by atoms with E-state index in [-0.39, 0.29) is 0 Å². The number of rotatable bonds is 4. The number of nitrogens with zero attached hydrogens (tertiary/aromatic N) is 4. The molecule has 1 aliphatic heterocycles. The Balaban J connectivity index is 1.57. The van der Waals surface area contributed by atoms with Crippen molar-refractivity contribution in [3.63, 3.8) is 0 Å². The minimum Gasteiger partial charge on any atom is -0.297 e. The molecule has 1 saturated heterocycles. The van der Waals surface area contributed by atoms with Crippen molar-refractivity contribution in [1.82, 2.24) is 19.9 Å². The van der Waals surface area contributed by atoms with E-state index in [2.05, 4.69) is 58.2 Å². The first kappa shape index (κ1) is 16.9. The largest absolute Gasteiger partial charge is 0.297 e. The molecule has 4 rings (SSSR count). The maximum absolute atomic E-state index is 4.75. The number of likely N-dealkylation sites (tertiary alicyclic amines) is 1. The molecular weight excluding hydrogens is 320 g/mol. The Bertz CT molecular complexity index is 863. The zero-order valence-electron chi connectivity index (χ0n) is 15.2. The fraction of sp³-hybridized carbons (Fsp3) is 0.318. The highest BCUT2D eigenvalue weighted by Gasteiger charge is 2.25. The van der Waals surface area contributed by atoms with E-state index in [0.29, 0.717) is 5.92 Å². The van der Waals surface area contributed by atoms with Gasteiger partial charge in [0, 0.05) is 43.2 Å². The summed E-state index contributed by atoms with van der Waals surface area (Å²) in [5, 5.41) is 0. The van der Waals surface area contributed by atoms with Crippen LogP contribution >= 0.6 is 0 Å². The summed E-state index contributed by atoms with van der Waals surface area (Å²) in [5.74, 6) is 0.414. The maximum atomic E-state index is 4.75. The van der Waals surface area contributed by atoms with Gasteiger partial charge in [0.2, 0.25) is 0 Å². The summed E-state index contributed by atoms with van der Waals surface area (Å²) in [7, 11) is 0. The lowest BCUT2D eigenvalue weighted by Gasteiger charge is -2.32. The van der Waals surface area contributed by atoms with Crippen LogP contribution in [0, 0.1) is 6.92 Å². The number of aromatic nitrogens is 3. The standard InChI is InChI=1S/C22H24N4/c1-17-6-4-7-18(14-17)21-22(25-12-11-24-21)19-8-5-13-26(15-19)16-20-9-2-3-10-23-20/h2-4,6-7,9-12,14,19H,5,8,13,15-16H2,1H3/t19-/m1/s1. The lowest BCUT2D eigenvalue weighted by atomic mass is 9.91. The number of piperidine rings is 1. The van der Waals surface area contributed by atoms with Crippen LogP contribution in [0.25, 0.3) is 11.3 Å². The Kier molecular flexibility index (Phi) is 5.02. The first-order valence-electron chi connectivity index (χ1n) is 9.30. The second-order valence-electron chi connectivity index (χ2n) is 7.06. The van der Waals surface area contributed by atoms with E-state index in [1.165, 1.54) is 12.0 Å².